The van der Waals surface area contributed by atoms with Gasteiger partial charge in [-0.3, -0.25) is 10.1 Å². The number of nitro groups is 1. The van der Waals surface area contributed by atoms with Crippen molar-refractivity contribution in [2.75, 3.05) is 18.9 Å². The van der Waals surface area contributed by atoms with E-state index in [0.717, 1.165) is 0 Å². The molecular weight excluding hydrogens is 235 g/mol. The molecule has 17 heavy (non-hydrogen) atoms. The largest absolute Gasteiger partial charge is 1.00 e. The number of rotatable bonds is 3. The first kappa shape index (κ1) is 18.5. The Balaban J connectivity index is 0. The fraction of sp³-hybridized carbons (Fsp3) is 0.400. The number of nitrogen functional groups attached to an aromatic ring is 1. The third-order valence-corrected chi connectivity index (χ3v) is 1.51. The first-order valence-electron chi connectivity index (χ1n) is 4.82. The Morgan fingerprint density at radius 3 is 2.35 bits per heavy atom. The van der Waals surface area contributed by atoms with E-state index in [0.29, 0.717) is 6.61 Å². The number of para-hydroxylation sites is 1. The Morgan fingerprint density at radius 1 is 1.41 bits per heavy atom. The molecular formula is C10H15N2NaO4. The van der Waals surface area contributed by atoms with Gasteiger partial charge in [0.05, 0.1) is 11.5 Å². The van der Waals surface area contributed by atoms with Crippen LogP contribution in [-0.4, -0.2) is 18.1 Å². The maximum atomic E-state index is 10.6. The van der Waals surface area contributed by atoms with Crippen molar-refractivity contribution in [1.82, 2.24) is 0 Å². The zero-order valence-electron chi connectivity index (χ0n) is 10.3. The van der Waals surface area contributed by atoms with E-state index < -0.39 is 4.92 Å². The summed E-state index contributed by atoms with van der Waals surface area (Å²) in [4.78, 5) is 10.0. The summed E-state index contributed by atoms with van der Waals surface area (Å²) < 4.78 is 5.06. The molecule has 1 rings (SSSR count). The molecule has 2 N–H and O–H groups in total. The molecule has 0 bridgehead atoms. The maximum Gasteiger partial charge on any atom is 1.00 e. The van der Waals surface area contributed by atoms with Crippen LogP contribution in [0.2, 0.25) is 0 Å². The molecule has 0 radical (unpaired) electrons. The van der Waals surface area contributed by atoms with Crippen LogP contribution in [0.25, 0.3) is 0 Å². The van der Waals surface area contributed by atoms with Gasteiger partial charge in [0.2, 0.25) is 0 Å². The number of nitrogens with two attached hydrogens (primary N) is 1. The van der Waals surface area contributed by atoms with E-state index >= 15 is 0 Å². The van der Waals surface area contributed by atoms with Gasteiger partial charge in [-0.15, -0.1) is 6.61 Å². The first-order valence-corrected chi connectivity index (χ1v) is 4.82. The van der Waals surface area contributed by atoms with Crippen LogP contribution < -0.4 is 45.1 Å². The molecule has 0 atom stereocenters. The van der Waals surface area contributed by atoms with Gasteiger partial charge in [0.15, 0.2) is 5.75 Å². The fourth-order valence-electron chi connectivity index (χ4n) is 1.01. The Labute approximate surface area is 122 Å². The minimum Gasteiger partial charge on any atom is -0.855 e. The molecule has 0 heterocycles. The van der Waals surface area contributed by atoms with Gasteiger partial charge in [-0.25, -0.2) is 0 Å². The van der Waals surface area contributed by atoms with Crippen LogP contribution >= 0.6 is 0 Å². The zero-order chi connectivity index (χ0) is 12.6. The number of ether oxygens (including phenoxy) is 1. The minimum absolute atomic E-state index is 0. The third kappa shape index (κ3) is 6.48. The second-order valence-corrected chi connectivity index (χ2v) is 2.67. The molecule has 0 spiro atoms. The van der Waals surface area contributed by atoms with Gasteiger partial charge in [0, 0.05) is 0 Å². The van der Waals surface area contributed by atoms with E-state index in [9.17, 15) is 10.1 Å². The van der Waals surface area contributed by atoms with E-state index in [-0.39, 0.29) is 53.3 Å². The number of nitrogens with zero attached hydrogens (tertiary/aromatic N) is 1. The monoisotopic (exact) mass is 250 g/mol. The van der Waals surface area contributed by atoms with Crippen molar-refractivity contribution < 1.29 is 44.3 Å². The summed E-state index contributed by atoms with van der Waals surface area (Å²) >= 11 is 0. The molecule has 0 saturated carbocycles. The smallest absolute Gasteiger partial charge is 0.855 e. The molecule has 0 fully saturated rings. The van der Waals surface area contributed by atoms with Crippen molar-refractivity contribution in [3.05, 3.63) is 28.3 Å². The summed E-state index contributed by atoms with van der Waals surface area (Å²) in [7, 11) is 0. The van der Waals surface area contributed by atoms with Crippen LogP contribution in [0, 0.1) is 10.1 Å². The topological polar surface area (TPSA) is 101 Å². The molecule has 1 aromatic rings. The molecule has 0 amide bonds. The van der Waals surface area contributed by atoms with Crippen molar-refractivity contribution in [1.29, 1.82) is 0 Å². The van der Waals surface area contributed by atoms with E-state index in [1.807, 2.05) is 0 Å². The molecule has 0 aliphatic heterocycles. The second kappa shape index (κ2) is 10.3. The first-order chi connectivity index (χ1) is 7.58. The minimum atomic E-state index is -0.541. The SMILES string of the molecule is CCOc1cccc(N)c1[N+](=O)[O-].CC[O-].[Na+]. The van der Waals surface area contributed by atoms with Crippen LogP contribution in [0.5, 0.6) is 5.75 Å². The number of anilines is 1. The van der Waals surface area contributed by atoms with Crippen molar-refractivity contribution >= 4 is 11.4 Å². The molecule has 0 unspecified atom stereocenters. The van der Waals surface area contributed by atoms with Crippen LogP contribution in [-0.2, 0) is 0 Å². The van der Waals surface area contributed by atoms with Gasteiger partial charge in [0.1, 0.15) is 5.69 Å². The molecule has 0 saturated heterocycles. The van der Waals surface area contributed by atoms with Gasteiger partial charge < -0.3 is 15.6 Å². The summed E-state index contributed by atoms with van der Waals surface area (Å²) in [5.74, 6) is 0.215. The zero-order valence-corrected chi connectivity index (χ0v) is 12.3. The predicted octanol–water partition coefficient (Wildman–Crippen LogP) is -2.05. The summed E-state index contributed by atoms with van der Waals surface area (Å²) in [6, 6.07) is 4.62. The molecule has 90 valence electrons. The van der Waals surface area contributed by atoms with Crippen molar-refractivity contribution in [2.45, 2.75) is 13.8 Å². The summed E-state index contributed by atoms with van der Waals surface area (Å²) in [5, 5.41) is 19.5. The van der Waals surface area contributed by atoms with Crippen molar-refractivity contribution in [3.63, 3.8) is 0 Å². The van der Waals surface area contributed by atoms with Gasteiger partial charge in [0.25, 0.3) is 0 Å². The Kier molecular flexibility index (Phi) is 11.3. The maximum absolute atomic E-state index is 10.6. The van der Waals surface area contributed by atoms with Gasteiger partial charge in [-0.05, 0) is 19.1 Å². The number of hydrogen-bond donors (Lipinski definition) is 1. The molecule has 7 heteroatoms. The molecule has 0 aliphatic rings. The van der Waals surface area contributed by atoms with Crippen LogP contribution in [0.1, 0.15) is 13.8 Å². The van der Waals surface area contributed by atoms with Gasteiger partial charge >= 0.3 is 35.2 Å². The van der Waals surface area contributed by atoms with Crippen molar-refractivity contribution in [3.8, 4) is 5.75 Å². The fourth-order valence-corrected chi connectivity index (χ4v) is 1.01. The van der Waals surface area contributed by atoms with E-state index in [1.165, 1.54) is 12.1 Å². The van der Waals surface area contributed by atoms with E-state index in [4.69, 9.17) is 15.6 Å². The molecule has 6 nitrogen and oxygen atoms in total. The second-order valence-electron chi connectivity index (χ2n) is 2.67. The van der Waals surface area contributed by atoms with Crippen LogP contribution in [0.4, 0.5) is 11.4 Å². The molecule has 0 aliphatic carbocycles. The van der Waals surface area contributed by atoms with Gasteiger partial charge in [-0.2, -0.15) is 0 Å². The summed E-state index contributed by atoms with van der Waals surface area (Å²) in [5.41, 5.74) is 5.39. The van der Waals surface area contributed by atoms with Crippen LogP contribution in [0.15, 0.2) is 18.2 Å². The van der Waals surface area contributed by atoms with Gasteiger partial charge in [-0.1, -0.05) is 13.0 Å². The van der Waals surface area contributed by atoms with Crippen molar-refractivity contribution in [2.24, 2.45) is 0 Å². The summed E-state index contributed by atoms with van der Waals surface area (Å²) in [6.45, 7) is 3.71. The average Bonchev–Trinajstić information content (AvgIpc) is 2.18. The molecule has 0 aromatic heterocycles. The normalized spacial score (nSPS) is 8.41. The van der Waals surface area contributed by atoms with E-state index in [2.05, 4.69) is 0 Å². The van der Waals surface area contributed by atoms with Crippen LogP contribution in [0.3, 0.4) is 0 Å². The van der Waals surface area contributed by atoms with E-state index in [1.54, 1.807) is 19.9 Å². The predicted molar refractivity (Wildman–Crippen MR) is 59.2 cm³/mol. The quantitative estimate of drug-likeness (QED) is 0.288. The summed E-state index contributed by atoms with van der Waals surface area (Å²) in [6.07, 6.45) is 0. The average molecular weight is 250 g/mol. The number of benzene rings is 1. The Morgan fingerprint density at radius 2 is 1.94 bits per heavy atom. The Bertz CT molecular complexity index is 347. The third-order valence-electron chi connectivity index (χ3n) is 1.51. The standard InChI is InChI=1S/C8H10N2O3.C2H5O.Na/c1-2-13-7-5-3-4-6(9)8(7)10(11)12;1-2-3;/h3-5H,2,9H2,1H3;2H2,1H3;/q;-1;+1. The number of nitro benzene ring substituents is 1. The Hall–Kier alpha value is -0.820. The number of hydrogen-bond acceptors (Lipinski definition) is 5. The molecule has 1 aromatic carbocycles.